The first-order valence-corrected chi connectivity index (χ1v) is 11.1. The van der Waals surface area contributed by atoms with E-state index in [-0.39, 0.29) is 5.91 Å². The number of rotatable bonds is 6. The van der Waals surface area contributed by atoms with Gasteiger partial charge in [-0.3, -0.25) is 9.36 Å². The second-order valence-corrected chi connectivity index (χ2v) is 8.18. The maximum atomic E-state index is 13.3. The summed E-state index contributed by atoms with van der Waals surface area (Å²) < 4.78 is 24.8. The van der Waals surface area contributed by atoms with E-state index in [1.165, 1.54) is 0 Å². The van der Waals surface area contributed by atoms with Crippen LogP contribution >= 0.6 is 0 Å². The Labute approximate surface area is 192 Å². The monoisotopic (exact) mass is 449 g/mol. The molecule has 1 saturated heterocycles. The SMILES string of the molecule is COCCOc1ccc(C(=O)N2CCC3(CC2)Oc2cccnc2-n2cccc23)cc1OC. The van der Waals surface area contributed by atoms with Crippen LogP contribution in [0.3, 0.4) is 0 Å². The third-order valence-electron chi connectivity index (χ3n) is 6.31. The molecule has 172 valence electrons. The molecule has 0 radical (unpaired) electrons. The highest BCUT2D eigenvalue weighted by Crippen LogP contribution is 2.44. The van der Waals surface area contributed by atoms with Gasteiger partial charge in [-0.05, 0) is 42.5 Å². The number of ether oxygens (including phenoxy) is 4. The fraction of sp³-hybridized carbons (Fsp3) is 0.360. The van der Waals surface area contributed by atoms with Gasteiger partial charge < -0.3 is 23.8 Å². The average molecular weight is 450 g/mol. The van der Waals surface area contributed by atoms with Crippen molar-refractivity contribution < 1.29 is 23.7 Å². The first-order chi connectivity index (χ1) is 16.1. The Bertz CT molecular complexity index is 1150. The van der Waals surface area contributed by atoms with Gasteiger partial charge in [-0.15, -0.1) is 0 Å². The van der Waals surface area contributed by atoms with Crippen LogP contribution in [0.15, 0.2) is 54.9 Å². The predicted molar refractivity (Wildman–Crippen MR) is 121 cm³/mol. The standard InChI is InChI=1S/C25H27N3O5/c1-30-15-16-32-19-8-7-18(17-21(19)31-2)24(29)27-13-9-25(10-14-27)22-6-4-12-28(22)23-20(33-25)5-3-11-26-23/h3-8,11-12,17H,9-10,13-16H2,1-2H3. The van der Waals surface area contributed by atoms with Crippen LogP contribution in [-0.4, -0.2) is 60.9 Å². The number of pyridine rings is 1. The molecule has 0 bridgehead atoms. The Balaban J connectivity index is 1.31. The molecule has 0 unspecified atom stereocenters. The van der Waals surface area contributed by atoms with Gasteiger partial charge in [0.15, 0.2) is 28.7 Å². The molecule has 33 heavy (non-hydrogen) atoms. The molecule has 2 aromatic heterocycles. The summed E-state index contributed by atoms with van der Waals surface area (Å²) in [7, 11) is 3.19. The minimum Gasteiger partial charge on any atom is -0.493 e. The minimum atomic E-state index is -0.465. The van der Waals surface area contributed by atoms with Crippen molar-refractivity contribution in [3.8, 4) is 23.1 Å². The van der Waals surface area contributed by atoms with Gasteiger partial charge in [0.1, 0.15) is 6.61 Å². The van der Waals surface area contributed by atoms with Gasteiger partial charge in [-0.1, -0.05) is 0 Å². The number of methoxy groups -OCH3 is 2. The molecule has 8 heteroatoms. The van der Waals surface area contributed by atoms with Gasteiger partial charge in [0.25, 0.3) is 5.91 Å². The lowest BCUT2D eigenvalue weighted by molar-refractivity contribution is -0.00986. The van der Waals surface area contributed by atoms with E-state index in [1.54, 1.807) is 38.6 Å². The van der Waals surface area contributed by atoms with E-state index >= 15 is 0 Å². The maximum Gasteiger partial charge on any atom is 0.253 e. The molecule has 0 saturated carbocycles. The second-order valence-electron chi connectivity index (χ2n) is 8.18. The molecule has 0 atom stereocenters. The Kier molecular flexibility index (Phi) is 5.68. The molecule has 0 aliphatic carbocycles. The number of nitrogens with zero attached hydrogens (tertiary/aromatic N) is 3. The van der Waals surface area contributed by atoms with Gasteiger partial charge in [-0.2, -0.15) is 0 Å². The highest BCUT2D eigenvalue weighted by atomic mass is 16.5. The largest absolute Gasteiger partial charge is 0.493 e. The number of carbonyl (C=O) groups excluding carboxylic acids is 1. The van der Waals surface area contributed by atoms with Crippen molar-refractivity contribution in [2.75, 3.05) is 40.5 Å². The van der Waals surface area contributed by atoms with Crippen molar-refractivity contribution in [3.05, 3.63) is 66.1 Å². The van der Waals surface area contributed by atoms with Crippen LogP contribution in [0.2, 0.25) is 0 Å². The maximum absolute atomic E-state index is 13.3. The van der Waals surface area contributed by atoms with Gasteiger partial charge in [0.05, 0.1) is 19.4 Å². The van der Waals surface area contributed by atoms with Crippen molar-refractivity contribution in [1.29, 1.82) is 0 Å². The Hall–Kier alpha value is -3.52. The van der Waals surface area contributed by atoms with Crippen molar-refractivity contribution in [3.63, 3.8) is 0 Å². The zero-order chi connectivity index (χ0) is 22.8. The van der Waals surface area contributed by atoms with Crippen LogP contribution < -0.4 is 14.2 Å². The van der Waals surface area contributed by atoms with Crippen molar-refractivity contribution in [2.24, 2.45) is 0 Å². The number of hydrogen-bond acceptors (Lipinski definition) is 6. The molecule has 8 nitrogen and oxygen atoms in total. The Morgan fingerprint density at radius 3 is 2.73 bits per heavy atom. The molecule has 0 N–H and O–H groups in total. The number of piperidine rings is 1. The number of hydrogen-bond donors (Lipinski definition) is 0. The smallest absolute Gasteiger partial charge is 0.253 e. The highest BCUT2D eigenvalue weighted by Gasteiger charge is 2.45. The van der Waals surface area contributed by atoms with E-state index < -0.39 is 5.60 Å². The van der Waals surface area contributed by atoms with E-state index in [1.807, 2.05) is 29.3 Å². The molecule has 3 aromatic rings. The quantitative estimate of drug-likeness (QED) is 0.537. The van der Waals surface area contributed by atoms with Gasteiger partial charge >= 0.3 is 0 Å². The van der Waals surface area contributed by atoms with Crippen LogP contribution in [0.5, 0.6) is 17.2 Å². The zero-order valence-electron chi connectivity index (χ0n) is 18.8. The van der Waals surface area contributed by atoms with E-state index in [9.17, 15) is 4.79 Å². The summed E-state index contributed by atoms with van der Waals surface area (Å²) in [5, 5.41) is 0. The van der Waals surface area contributed by atoms with E-state index in [4.69, 9.17) is 18.9 Å². The van der Waals surface area contributed by atoms with Crippen LogP contribution in [-0.2, 0) is 10.3 Å². The van der Waals surface area contributed by atoms with Gasteiger partial charge in [-0.25, -0.2) is 4.98 Å². The lowest BCUT2D eigenvalue weighted by atomic mass is 9.86. The van der Waals surface area contributed by atoms with Crippen LogP contribution in [0.4, 0.5) is 0 Å². The second kappa shape index (κ2) is 8.78. The molecular formula is C25H27N3O5. The zero-order valence-corrected chi connectivity index (χ0v) is 18.8. The number of carbonyl (C=O) groups is 1. The average Bonchev–Trinajstić information content (AvgIpc) is 3.36. The molecule has 1 spiro atoms. The normalized spacial score (nSPS) is 16.0. The molecule has 4 heterocycles. The Morgan fingerprint density at radius 2 is 1.94 bits per heavy atom. The summed E-state index contributed by atoms with van der Waals surface area (Å²) >= 11 is 0. The lowest BCUT2D eigenvalue weighted by Crippen LogP contribution is -2.50. The molecular weight excluding hydrogens is 422 g/mol. The van der Waals surface area contributed by atoms with Crippen LogP contribution in [0.1, 0.15) is 28.9 Å². The molecule has 1 fully saturated rings. The Morgan fingerprint density at radius 1 is 1.09 bits per heavy atom. The van der Waals surface area contributed by atoms with Gasteiger partial charge in [0, 0.05) is 51.0 Å². The summed E-state index contributed by atoms with van der Waals surface area (Å²) in [6.45, 7) is 2.07. The van der Waals surface area contributed by atoms with Gasteiger partial charge in [0.2, 0.25) is 0 Å². The number of benzene rings is 1. The number of amides is 1. The summed E-state index contributed by atoms with van der Waals surface area (Å²) in [6.07, 6.45) is 5.19. The van der Waals surface area contributed by atoms with E-state index in [0.29, 0.717) is 56.2 Å². The molecule has 2 aliphatic rings. The van der Waals surface area contributed by atoms with Crippen LogP contribution in [0, 0.1) is 0 Å². The molecule has 5 rings (SSSR count). The van der Waals surface area contributed by atoms with Crippen molar-refractivity contribution in [1.82, 2.24) is 14.5 Å². The van der Waals surface area contributed by atoms with Crippen molar-refractivity contribution >= 4 is 5.91 Å². The highest BCUT2D eigenvalue weighted by molar-refractivity contribution is 5.95. The number of aromatic nitrogens is 2. The van der Waals surface area contributed by atoms with Crippen molar-refractivity contribution in [2.45, 2.75) is 18.4 Å². The molecule has 2 aliphatic heterocycles. The molecule has 1 amide bonds. The summed E-state index contributed by atoms with van der Waals surface area (Å²) in [4.78, 5) is 19.6. The molecule has 1 aromatic carbocycles. The summed E-state index contributed by atoms with van der Waals surface area (Å²) in [6, 6.07) is 13.2. The van der Waals surface area contributed by atoms with Crippen LogP contribution in [0.25, 0.3) is 5.82 Å². The predicted octanol–water partition coefficient (Wildman–Crippen LogP) is 3.43. The summed E-state index contributed by atoms with van der Waals surface area (Å²) in [5.41, 5.74) is 1.19. The van der Waals surface area contributed by atoms with E-state index in [2.05, 4.69) is 15.6 Å². The summed E-state index contributed by atoms with van der Waals surface area (Å²) in [5.74, 6) is 2.67. The fourth-order valence-electron chi connectivity index (χ4n) is 4.61. The first kappa shape index (κ1) is 21.3. The topological polar surface area (TPSA) is 75.0 Å². The number of fused-ring (bicyclic) bond motifs is 4. The fourth-order valence-corrected chi connectivity index (χ4v) is 4.61. The third kappa shape index (κ3) is 3.80. The third-order valence-corrected chi connectivity index (χ3v) is 6.31. The minimum absolute atomic E-state index is 0.0279. The number of likely N-dealkylation sites (tertiary alicyclic amines) is 1. The van der Waals surface area contributed by atoms with E-state index in [0.717, 1.165) is 17.3 Å². The lowest BCUT2D eigenvalue weighted by Gasteiger charge is -2.44. The first-order valence-electron chi connectivity index (χ1n) is 11.1.